The van der Waals surface area contributed by atoms with Crippen LogP contribution in [0.5, 0.6) is 0 Å². The minimum atomic E-state index is -0.793. The second kappa shape index (κ2) is 5.27. The lowest BCUT2D eigenvalue weighted by molar-refractivity contribution is -0.136. The smallest absolute Gasteiger partial charge is 0.235 e. The quantitative estimate of drug-likeness (QED) is 0.831. The second-order valence-electron chi connectivity index (χ2n) is 4.64. The van der Waals surface area contributed by atoms with Gasteiger partial charge in [0.2, 0.25) is 5.91 Å². The van der Waals surface area contributed by atoms with Gasteiger partial charge in [-0.15, -0.1) is 0 Å². The molecule has 0 aliphatic rings. The van der Waals surface area contributed by atoms with Crippen molar-refractivity contribution in [3.63, 3.8) is 0 Å². The largest absolute Gasteiger partial charge is 0.392 e. The zero-order valence-electron chi connectivity index (χ0n) is 10.4. The molecule has 0 fully saturated rings. The Morgan fingerprint density at radius 2 is 1.88 bits per heavy atom. The second-order valence-corrected chi connectivity index (χ2v) is 5.08. The Labute approximate surface area is 108 Å². The summed E-state index contributed by atoms with van der Waals surface area (Å²) in [5.41, 5.74) is 5.88. The maximum atomic E-state index is 12.2. The van der Waals surface area contributed by atoms with Crippen LogP contribution < -0.4 is 5.73 Å². The van der Waals surface area contributed by atoms with Gasteiger partial charge in [-0.2, -0.15) is 0 Å². The SMILES string of the molecule is CN(Cc1ccccc1)C(=O)C(C)(C)C(N)=S. The lowest BCUT2D eigenvalue weighted by Crippen LogP contribution is -2.45. The first-order valence-electron chi connectivity index (χ1n) is 5.45. The molecule has 0 radical (unpaired) electrons. The highest BCUT2D eigenvalue weighted by atomic mass is 32.1. The molecule has 1 amide bonds. The molecule has 0 spiro atoms. The first-order valence-corrected chi connectivity index (χ1v) is 5.86. The maximum Gasteiger partial charge on any atom is 0.235 e. The van der Waals surface area contributed by atoms with E-state index in [1.807, 2.05) is 30.3 Å². The van der Waals surface area contributed by atoms with E-state index in [1.54, 1.807) is 25.8 Å². The zero-order chi connectivity index (χ0) is 13.1. The topological polar surface area (TPSA) is 46.3 Å². The Balaban J connectivity index is 2.75. The van der Waals surface area contributed by atoms with Gasteiger partial charge in [-0.1, -0.05) is 42.5 Å². The van der Waals surface area contributed by atoms with Gasteiger partial charge < -0.3 is 10.6 Å². The summed E-state index contributed by atoms with van der Waals surface area (Å²) < 4.78 is 0. The van der Waals surface area contributed by atoms with E-state index in [4.69, 9.17) is 18.0 Å². The number of amides is 1. The van der Waals surface area contributed by atoms with Crippen molar-refractivity contribution in [1.82, 2.24) is 4.90 Å². The fraction of sp³-hybridized carbons (Fsp3) is 0.385. The molecule has 0 atom stereocenters. The van der Waals surface area contributed by atoms with E-state index in [0.717, 1.165) is 5.56 Å². The summed E-state index contributed by atoms with van der Waals surface area (Å²) in [5.74, 6) is -0.0612. The van der Waals surface area contributed by atoms with E-state index in [9.17, 15) is 4.79 Å². The van der Waals surface area contributed by atoms with Gasteiger partial charge in [-0.3, -0.25) is 4.79 Å². The van der Waals surface area contributed by atoms with Crippen LogP contribution in [0.3, 0.4) is 0 Å². The van der Waals surface area contributed by atoms with Crippen molar-refractivity contribution in [2.75, 3.05) is 7.05 Å². The summed E-state index contributed by atoms with van der Waals surface area (Å²) in [7, 11) is 1.76. The molecular weight excluding hydrogens is 232 g/mol. The van der Waals surface area contributed by atoms with Crippen LogP contribution in [0, 0.1) is 5.41 Å². The molecule has 1 aromatic carbocycles. The molecule has 0 aromatic heterocycles. The number of carbonyl (C=O) groups is 1. The molecule has 17 heavy (non-hydrogen) atoms. The van der Waals surface area contributed by atoms with Crippen LogP contribution in [0.1, 0.15) is 19.4 Å². The Hall–Kier alpha value is -1.42. The molecule has 92 valence electrons. The minimum absolute atomic E-state index is 0.0612. The number of nitrogens with two attached hydrogens (primary N) is 1. The molecule has 4 heteroatoms. The molecule has 0 unspecified atom stereocenters. The number of nitrogens with zero attached hydrogens (tertiary/aromatic N) is 1. The number of benzene rings is 1. The highest BCUT2D eigenvalue weighted by Gasteiger charge is 2.33. The summed E-state index contributed by atoms with van der Waals surface area (Å²) >= 11 is 4.92. The third-order valence-electron chi connectivity index (χ3n) is 2.76. The van der Waals surface area contributed by atoms with Crippen LogP contribution in [-0.4, -0.2) is 22.8 Å². The molecular formula is C13H18N2OS. The highest BCUT2D eigenvalue weighted by molar-refractivity contribution is 7.80. The van der Waals surface area contributed by atoms with Crippen LogP contribution >= 0.6 is 12.2 Å². The fourth-order valence-electron chi connectivity index (χ4n) is 1.51. The van der Waals surface area contributed by atoms with Crippen LogP contribution in [0.15, 0.2) is 30.3 Å². The minimum Gasteiger partial charge on any atom is -0.392 e. The van der Waals surface area contributed by atoms with Gasteiger partial charge in [0.15, 0.2) is 0 Å². The first kappa shape index (κ1) is 13.6. The van der Waals surface area contributed by atoms with Crippen molar-refractivity contribution in [3.05, 3.63) is 35.9 Å². The van der Waals surface area contributed by atoms with Crippen LogP contribution in [0.2, 0.25) is 0 Å². The molecule has 2 N–H and O–H groups in total. The number of hydrogen-bond acceptors (Lipinski definition) is 2. The lowest BCUT2D eigenvalue weighted by Gasteiger charge is -2.28. The normalized spacial score (nSPS) is 11.0. The zero-order valence-corrected chi connectivity index (χ0v) is 11.3. The summed E-state index contributed by atoms with van der Waals surface area (Å²) in [4.78, 5) is 14.0. The molecule has 3 nitrogen and oxygen atoms in total. The number of rotatable bonds is 4. The summed E-state index contributed by atoms with van der Waals surface area (Å²) in [6, 6.07) is 9.82. The van der Waals surface area contributed by atoms with E-state index in [0.29, 0.717) is 6.54 Å². The monoisotopic (exact) mass is 250 g/mol. The average molecular weight is 250 g/mol. The van der Waals surface area contributed by atoms with Crippen molar-refractivity contribution < 1.29 is 4.79 Å². The molecule has 1 aromatic rings. The van der Waals surface area contributed by atoms with Gasteiger partial charge in [-0.05, 0) is 19.4 Å². The standard InChI is InChI=1S/C13H18N2OS/c1-13(2,11(14)17)12(16)15(3)9-10-7-5-4-6-8-10/h4-8H,9H2,1-3H3,(H2,14,17). The van der Waals surface area contributed by atoms with Crippen molar-refractivity contribution in [1.29, 1.82) is 0 Å². The van der Waals surface area contributed by atoms with Crippen molar-refractivity contribution in [3.8, 4) is 0 Å². The van der Waals surface area contributed by atoms with Crippen molar-refractivity contribution >= 4 is 23.1 Å². The van der Waals surface area contributed by atoms with Gasteiger partial charge in [-0.25, -0.2) is 0 Å². The first-order chi connectivity index (χ1) is 7.85. The third kappa shape index (κ3) is 3.27. The molecule has 0 aliphatic heterocycles. The van der Waals surface area contributed by atoms with Gasteiger partial charge in [0.05, 0.1) is 10.4 Å². The van der Waals surface area contributed by atoms with Gasteiger partial charge in [0.25, 0.3) is 0 Å². The molecule has 0 saturated heterocycles. The predicted molar refractivity (Wildman–Crippen MR) is 73.5 cm³/mol. The van der Waals surface area contributed by atoms with Gasteiger partial charge in [0.1, 0.15) is 0 Å². The summed E-state index contributed by atoms with van der Waals surface area (Å²) in [6.45, 7) is 4.06. The Morgan fingerprint density at radius 3 is 2.35 bits per heavy atom. The number of hydrogen-bond donors (Lipinski definition) is 1. The Bertz CT molecular complexity index is 415. The summed E-state index contributed by atoms with van der Waals surface area (Å²) in [6.07, 6.45) is 0. The van der Waals surface area contributed by atoms with Gasteiger partial charge >= 0.3 is 0 Å². The third-order valence-corrected chi connectivity index (χ3v) is 3.27. The van der Waals surface area contributed by atoms with Crippen LogP contribution in [0.25, 0.3) is 0 Å². The lowest BCUT2D eigenvalue weighted by atomic mass is 9.91. The van der Waals surface area contributed by atoms with Crippen molar-refractivity contribution in [2.24, 2.45) is 11.1 Å². The highest BCUT2D eigenvalue weighted by Crippen LogP contribution is 2.19. The Morgan fingerprint density at radius 1 is 1.35 bits per heavy atom. The number of carbonyl (C=O) groups excluding carboxylic acids is 1. The molecule has 0 aliphatic carbocycles. The average Bonchev–Trinajstić information content (AvgIpc) is 2.29. The van der Waals surface area contributed by atoms with E-state index >= 15 is 0 Å². The van der Waals surface area contributed by atoms with E-state index < -0.39 is 5.41 Å². The van der Waals surface area contributed by atoms with Crippen molar-refractivity contribution in [2.45, 2.75) is 20.4 Å². The van der Waals surface area contributed by atoms with Crippen LogP contribution in [-0.2, 0) is 11.3 Å². The predicted octanol–water partition coefficient (Wildman–Crippen LogP) is 1.96. The fourth-order valence-corrected chi connectivity index (χ4v) is 1.60. The molecule has 0 saturated carbocycles. The van der Waals surface area contributed by atoms with E-state index in [1.165, 1.54) is 0 Å². The molecule has 0 heterocycles. The van der Waals surface area contributed by atoms with Crippen LogP contribution in [0.4, 0.5) is 0 Å². The maximum absolute atomic E-state index is 12.2. The molecule has 1 rings (SSSR count). The molecule has 0 bridgehead atoms. The van der Waals surface area contributed by atoms with Gasteiger partial charge in [0, 0.05) is 13.6 Å². The number of thiocarbonyl (C=S) groups is 1. The van der Waals surface area contributed by atoms with E-state index in [-0.39, 0.29) is 10.9 Å². The van der Waals surface area contributed by atoms with E-state index in [2.05, 4.69) is 0 Å². The summed E-state index contributed by atoms with van der Waals surface area (Å²) in [5, 5.41) is 0. The Kier molecular flexibility index (Phi) is 4.23.